The van der Waals surface area contributed by atoms with E-state index in [4.69, 9.17) is 4.74 Å². The summed E-state index contributed by atoms with van der Waals surface area (Å²) in [6.45, 7) is 5.76. The average Bonchev–Trinajstić information content (AvgIpc) is 2.28. The van der Waals surface area contributed by atoms with Crippen molar-refractivity contribution in [2.24, 2.45) is 0 Å². The lowest BCUT2D eigenvalue weighted by atomic mass is 9.93. The van der Waals surface area contributed by atoms with Crippen LogP contribution in [-0.2, 0) is 9.53 Å². The number of hydrogen-bond acceptors (Lipinski definition) is 2. The Labute approximate surface area is 91.8 Å². The van der Waals surface area contributed by atoms with Gasteiger partial charge < -0.3 is 9.84 Å². The van der Waals surface area contributed by atoms with Gasteiger partial charge in [-0.2, -0.15) is 0 Å². The summed E-state index contributed by atoms with van der Waals surface area (Å²) in [4.78, 5) is 11.4. The Morgan fingerprint density at radius 1 is 1.13 bits per heavy atom. The van der Waals surface area contributed by atoms with E-state index in [9.17, 15) is 9.90 Å². The predicted molar refractivity (Wildman–Crippen MR) is 58.9 cm³/mol. The first kappa shape index (κ1) is 12.5. The maximum absolute atomic E-state index is 11.4. The first-order valence-electron chi connectivity index (χ1n) is 5.79. The number of carbonyl (C=O) groups is 1. The summed E-state index contributed by atoms with van der Waals surface area (Å²) in [6.07, 6.45) is 5.48. The van der Waals surface area contributed by atoms with E-state index >= 15 is 0 Å². The number of rotatable bonds is 2. The largest absolute Gasteiger partial charge is 0.479 e. The van der Waals surface area contributed by atoms with Crippen molar-refractivity contribution in [1.82, 2.24) is 0 Å². The van der Waals surface area contributed by atoms with Crippen LogP contribution in [0.1, 0.15) is 59.3 Å². The first-order valence-corrected chi connectivity index (χ1v) is 5.79. The molecule has 1 rings (SSSR count). The summed E-state index contributed by atoms with van der Waals surface area (Å²) in [5.41, 5.74) is -1.32. The van der Waals surface area contributed by atoms with Gasteiger partial charge in [0.1, 0.15) is 0 Å². The summed E-state index contributed by atoms with van der Waals surface area (Å²) in [5, 5.41) is 9.35. The fraction of sp³-hybridized carbons (Fsp3) is 0.917. The quantitative estimate of drug-likeness (QED) is 0.719. The molecule has 0 unspecified atom stereocenters. The topological polar surface area (TPSA) is 46.5 Å². The molecule has 0 aromatic heterocycles. The summed E-state index contributed by atoms with van der Waals surface area (Å²) in [5.74, 6) is -0.792. The third kappa shape index (κ3) is 3.49. The molecule has 0 amide bonds. The van der Waals surface area contributed by atoms with Crippen molar-refractivity contribution in [2.75, 3.05) is 0 Å². The van der Waals surface area contributed by atoms with Crippen LogP contribution in [0, 0.1) is 0 Å². The minimum atomic E-state index is -0.936. The Hall–Kier alpha value is -0.570. The molecular formula is C12H22O3. The van der Waals surface area contributed by atoms with Crippen LogP contribution in [0.5, 0.6) is 0 Å². The highest BCUT2D eigenvalue weighted by atomic mass is 16.5. The van der Waals surface area contributed by atoms with Crippen molar-refractivity contribution in [2.45, 2.75) is 70.5 Å². The average molecular weight is 214 g/mol. The number of hydrogen-bond donors (Lipinski definition) is 1. The lowest BCUT2D eigenvalue weighted by Crippen LogP contribution is -2.46. The van der Waals surface area contributed by atoms with Crippen molar-refractivity contribution >= 4 is 5.97 Å². The minimum Gasteiger partial charge on any atom is -0.479 e. The number of ether oxygens (including phenoxy) is 1. The van der Waals surface area contributed by atoms with Gasteiger partial charge in [0.2, 0.25) is 0 Å². The smallest absolute Gasteiger partial charge is 0.335 e. The summed E-state index contributed by atoms with van der Waals surface area (Å²) in [7, 11) is 0. The predicted octanol–water partition coefficient (Wildman–Crippen LogP) is 2.98. The van der Waals surface area contributed by atoms with Crippen LogP contribution in [0.4, 0.5) is 0 Å². The van der Waals surface area contributed by atoms with Crippen molar-refractivity contribution in [3.05, 3.63) is 0 Å². The molecule has 0 saturated heterocycles. The third-order valence-corrected chi connectivity index (χ3v) is 2.80. The third-order valence-electron chi connectivity index (χ3n) is 2.80. The SMILES string of the molecule is CC(C)(C)OC1(C(=O)O)CCCCCC1. The normalized spacial score (nSPS) is 22.1. The van der Waals surface area contributed by atoms with E-state index in [1.165, 1.54) is 0 Å². The Morgan fingerprint density at radius 2 is 1.60 bits per heavy atom. The molecule has 15 heavy (non-hydrogen) atoms. The Kier molecular flexibility index (Phi) is 3.77. The molecule has 0 atom stereocenters. The molecule has 1 N–H and O–H groups in total. The van der Waals surface area contributed by atoms with Gasteiger partial charge in [0, 0.05) is 0 Å². The highest BCUT2D eigenvalue weighted by Gasteiger charge is 2.42. The molecule has 1 saturated carbocycles. The van der Waals surface area contributed by atoms with Gasteiger partial charge in [-0.05, 0) is 46.5 Å². The highest BCUT2D eigenvalue weighted by Crippen LogP contribution is 2.34. The molecule has 0 aromatic rings. The molecule has 1 aliphatic rings. The molecule has 0 heterocycles. The number of carboxylic acids is 1. The second kappa shape index (κ2) is 4.52. The van der Waals surface area contributed by atoms with E-state index in [0.29, 0.717) is 12.8 Å². The van der Waals surface area contributed by atoms with Gasteiger partial charge in [-0.1, -0.05) is 12.8 Å². The Bertz CT molecular complexity index is 220. The molecule has 1 fully saturated rings. The summed E-state index contributed by atoms with van der Waals surface area (Å²) in [6, 6.07) is 0. The zero-order chi connectivity index (χ0) is 11.5. The molecule has 88 valence electrons. The Morgan fingerprint density at radius 3 is 1.93 bits per heavy atom. The molecule has 3 nitrogen and oxygen atoms in total. The lowest BCUT2D eigenvalue weighted by Gasteiger charge is -2.35. The van der Waals surface area contributed by atoms with E-state index in [1.54, 1.807) is 0 Å². The van der Waals surface area contributed by atoms with Gasteiger partial charge in [0.25, 0.3) is 0 Å². The van der Waals surface area contributed by atoms with Crippen molar-refractivity contribution in [3.63, 3.8) is 0 Å². The van der Waals surface area contributed by atoms with Crippen LogP contribution in [0.25, 0.3) is 0 Å². The highest BCUT2D eigenvalue weighted by molar-refractivity contribution is 5.77. The van der Waals surface area contributed by atoms with Crippen LogP contribution in [0.3, 0.4) is 0 Å². The van der Waals surface area contributed by atoms with E-state index in [-0.39, 0.29) is 5.60 Å². The van der Waals surface area contributed by atoms with Crippen LogP contribution in [-0.4, -0.2) is 22.3 Å². The molecule has 0 spiro atoms. The van der Waals surface area contributed by atoms with Gasteiger partial charge in [0.15, 0.2) is 5.60 Å². The summed E-state index contributed by atoms with van der Waals surface area (Å²) < 4.78 is 5.81. The van der Waals surface area contributed by atoms with Crippen molar-refractivity contribution < 1.29 is 14.6 Å². The van der Waals surface area contributed by atoms with Crippen LogP contribution in [0.2, 0.25) is 0 Å². The number of aliphatic carboxylic acids is 1. The lowest BCUT2D eigenvalue weighted by molar-refractivity contribution is -0.187. The summed E-state index contributed by atoms with van der Waals surface area (Å²) >= 11 is 0. The van der Waals surface area contributed by atoms with Gasteiger partial charge in [-0.15, -0.1) is 0 Å². The molecule has 0 aliphatic heterocycles. The molecular weight excluding hydrogens is 192 g/mol. The standard InChI is InChI=1S/C12H22O3/c1-11(2,3)15-12(10(13)14)8-6-4-5-7-9-12/h4-9H2,1-3H3,(H,13,14). The maximum Gasteiger partial charge on any atom is 0.335 e. The fourth-order valence-corrected chi connectivity index (χ4v) is 2.25. The fourth-order valence-electron chi connectivity index (χ4n) is 2.25. The van der Waals surface area contributed by atoms with Crippen molar-refractivity contribution in [1.29, 1.82) is 0 Å². The molecule has 0 aromatic carbocycles. The monoisotopic (exact) mass is 214 g/mol. The van der Waals surface area contributed by atoms with Gasteiger partial charge >= 0.3 is 5.97 Å². The van der Waals surface area contributed by atoms with Crippen LogP contribution >= 0.6 is 0 Å². The van der Waals surface area contributed by atoms with E-state index in [0.717, 1.165) is 25.7 Å². The van der Waals surface area contributed by atoms with Gasteiger partial charge in [-0.25, -0.2) is 4.79 Å². The zero-order valence-corrected chi connectivity index (χ0v) is 10.0. The molecule has 1 aliphatic carbocycles. The zero-order valence-electron chi connectivity index (χ0n) is 10.0. The molecule has 3 heteroatoms. The van der Waals surface area contributed by atoms with Crippen LogP contribution < -0.4 is 0 Å². The minimum absolute atomic E-state index is 0.386. The maximum atomic E-state index is 11.4. The molecule has 0 radical (unpaired) electrons. The number of carboxylic acid groups (broad SMARTS) is 1. The molecule has 0 bridgehead atoms. The van der Waals surface area contributed by atoms with Crippen molar-refractivity contribution in [3.8, 4) is 0 Å². The van der Waals surface area contributed by atoms with Crippen LogP contribution in [0.15, 0.2) is 0 Å². The second-order valence-electron chi connectivity index (χ2n) is 5.43. The first-order chi connectivity index (χ1) is 6.86. The van der Waals surface area contributed by atoms with E-state index < -0.39 is 11.6 Å². The van der Waals surface area contributed by atoms with Gasteiger partial charge in [-0.3, -0.25) is 0 Å². The Balaban J connectivity index is 2.81. The van der Waals surface area contributed by atoms with E-state index in [1.807, 2.05) is 20.8 Å². The van der Waals surface area contributed by atoms with Gasteiger partial charge in [0.05, 0.1) is 5.60 Å². The second-order valence-corrected chi connectivity index (χ2v) is 5.43. The van der Waals surface area contributed by atoms with E-state index in [2.05, 4.69) is 0 Å².